The number of nitrogens with zero attached hydrogens (tertiary/aromatic N) is 1. The molecule has 0 amide bonds. The van der Waals surface area contributed by atoms with Gasteiger partial charge in [-0.2, -0.15) is 0 Å². The van der Waals surface area contributed by atoms with Gasteiger partial charge in [-0.05, 0) is 18.4 Å². The third-order valence-electron chi connectivity index (χ3n) is 5.14. The minimum atomic E-state index is 0.141. The smallest absolute Gasteiger partial charge is 0.191 e. The van der Waals surface area contributed by atoms with Crippen molar-refractivity contribution in [2.24, 2.45) is 10.4 Å². The van der Waals surface area contributed by atoms with Crippen LogP contribution in [0.15, 0.2) is 35.3 Å². The number of aliphatic imine (C=N–C) groups is 1. The number of ether oxygens (including phenoxy) is 1. The lowest BCUT2D eigenvalue weighted by Crippen LogP contribution is -2.52. The molecule has 2 N–H and O–H groups in total. The molecule has 0 radical (unpaired) electrons. The lowest BCUT2D eigenvalue weighted by Gasteiger charge is -2.39. The van der Waals surface area contributed by atoms with Crippen molar-refractivity contribution >= 4 is 5.96 Å². The highest BCUT2D eigenvalue weighted by molar-refractivity contribution is 5.79. The predicted octanol–water partition coefficient (Wildman–Crippen LogP) is 2.95. The van der Waals surface area contributed by atoms with E-state index in [1.165, 1.54) is 5.56 Å². The first-order chi connectivity index (χ1) is 11.1. The zero-order valence-electron chi connectivity index (χ0n) is 15.0. The summed E-state index contributed by atoms with van der Waals surface area (Å²) in [5, 5.41) is 6.97. The number of hydrogen-bond acceptors (Lipinski definition) is 2. The van der Waals surface area contributed by atoms with Gasteiger partial charge in [-0.25, -0.2) is 0 Å². The maximum atomic E-state index is 5.31. The highest BCUT2D eigenvalue weighted by atomic mass is 16.5. The van der Waals surface area contributed by atoms with Gasteiger partial charge in [0, 0.05) is 31.0 Å². The average Bonchev–Trinajstić information content (AvgIpc) is 2.58. The maximum Gasteiger partial charge on any atom is 0.191 e. The Morgan fingerprint density at radius 1 is 1.17 bits per heavy atom. The van der Waals surface area contributed by atoms with E-state index in [9.17, 15) is 0 Å². The fourth-order valence-corrected chi connectivity index (χ4v) is 3.13. The van der Waals surface area contributed by atoms with Crippen LogP contribution in [-0.4, -0.2) is 39.3 Å². The molecule has 1 aromatic carbocycles. The summed E-state index contributed by atoms with van der Waals surface area (Å²) in [4.78, 5) is 4.37. The molecule has 0 bridgehead atoms. The lowest BCUT2D eigenvalue weighted by molar-refractivity contribution is -0.0971. The molecule has 1 saturated heterocycles. The summed E-state index contributed by atoms with van der Waals surface area (Å²) in [6.45, 7) is 10.2. The lowest BCUT2D eigenvalue weighted by atomic mass is 9.76. The molecule has 2 rings (SSSR count). The minimum absolute atomic E-state index is 0.141. The van der Waals surface area contributed by atoms with Gasteiger partial charge in [-0.15, -0.1) is 0 Å². The van der Waals surface area contributed by atoms with Crippen molar-refractivity contribution in [3.8, 4) is 0 Å². The average molecular weight is 317 g/mol. The van der Waals surface area contributed by atoms with Gasteiger partial charge in [-0.1, -0.05) is 51.1 Å². The van der Waals surface area contributed by atoms with Crippen LogP contribution >= 0.6 is 0 Å². The van der Waals surface area contributed by atoms with Crippen LogP contribution in [0.1, 0.15) is 39.2 Å². The Kier molecular flexibility index (Phi) is 6.05. The molecule has 23 heavy (non-hydrogen) atoms. The molecule has 4 heteroatoms. The van der Waals surface area contributed by atoms with Crippen molar-refractivity contribution in [1.82, 2.24) is 10.6 Å². The van der Waals surface area contributed by atoms with E-state index in [4.69, 9.17) is 4.74 Å². The van der Waals surface area contributed by atoms with E-state index in [1.807, 2.05) is 7.05 Å². The zero-order chi connectivity index (χ0) is 16.8. The Morgan fingerprint density at radius 2 is 1.83 bits per heavy atom. The SMILES string of the molecule is CCC(CC)(CNC(=NC)NCC1(C)COC1)c1ccccc1. The van der Waals surface area contributed by atoms with Crippen molar-refractivity contribution in [2.45, 2.75) is 39.0 Å². The highest BCUT2D eigenvalue weighted by Crippen LogP contribution is 2.31. The van der Waals surface area contributed by atoms with E-state index in [1.54, 1.807) is 0 Å². The summed E-state index contributed by atoms with van der Waals surface area (Å²) >= 11 is 0. The first-order valence-electron chi connectivity index (χ1n) is 8.65. The van der Waals surface area contributed by atoms with Crippen LogP contribution in [0, 0.1) is 5.41 Å². The van der Waals surface area contributed by atoms with Gasteiger partial charge in [0.15, 0.2) is 5.96 Å². The van der Waals surface area contributed by atoms with Crippen molar-refractivity contribution < 1.29 is 4.74 Å². The normalized spacial score (nSPS) is 17.5. The van der Waals surface area contributed by atoms with E-state index in [0.29, 0.717) is 0 Å². The Balaban J connectivity index is 1.97. The van der Waals surface area contributed by atoms with Crippen molar-refractivity contribution in [3.05, 3.63) is 35.9 Å². The van der Waals surface area contributed by atoms with Gasteiger partial charge in [0.05, 0.1) is 13.2 Å². The van der Waals surface area contributed by atoms with Gasteiger partial charge in [0.25, 0.3) is 0 Å². The second-order valence-electron chi connectivity index (χ2n) is 6.94. The van der Waals surface area contributed by atoms with E-state index >= 15 is 0 Å². The molecule has 1 heterocycles. The fourth-order valence-electron chi connectivity index (χ4n) is 3.13. The molecule has 0 unspecified atom stereocenters. The summed E-state index contributed by atoms with van der Waals surface area (Å²) in [5.74, 6) is 0.875. The molecule has 0 atom stereocenters. The molecule has 0 saturated carbocycles. The van der Waals surface area contributed by atoms with Crippen LogP contribution in [0.5, 0.6) is 0 Å². The quantitative estimate of drug-likeness (QED) is 0.600. The number of rotatable bonds is 7. The van der Waals surface area contributed by atoms with E-state index in [2.05, 4.69) is 66.7 Å². The van der Waals surface area contributed by atoms with Crippen LogP contribution in [0.4, 0.5) is 0 Å². The molecule has 0 aromatic heterocycles. The van der Waals surface area contributed by atoms with E-state index in [-0.39, 0.29) is 10.8 Å². The van der Waals surface area contributed by atoms with Gasteiger partial charge in [-0.3, -0.25) is 4.99 Å². The molecule has 0 spiro atoms. The molecular formula is C19H31N3O. The Morgan fingerprint density at radius 3 is 2.30 bits per heavy atom. The molecule has 0 aliphatic carbocycles. The summed E-state index contributed by atoms with van der Waals surface area (Å²) in [7, 11) is 1.83. The summed E-state index contributed by atoms with van der Waals surface area (Å²) in [6.07, 6.45) is 2.20. The number of hydrogen-bond donors (Lipinski definition) is 2. The summed E-state index contributed by atoms with van der Waals surface area (Å²) in [6, 6.07) is 10.8. The Hall–Kier alpha value is -1.55. The van der Waals surface area contributed by atoms with Crippen LogP contribution in [0.25, 0.3) is 0 Å². The zero-order valence-corrected chi connectivity index (χ0v) is 15.0. The first-order valence-corrected chi connectivity index (χ1v) is 8.65. The molecule has 1 aliphatic heterocycles. The van der Waals surface area contributed by atoms with Gasteiger partial charge in [0.2, 0.25) is 0 Å². The predicted molar refractivity (Wildman–Crippen MR) is 97.0 cm³/mol. The molecule has 1 aliphatic rings. The summed E-state index contributed by atoms with van der Waals surface area (Å²) < 4.78 is 5.31. The topological polar surface area (TPSA) is 45.7 Å². The van der Waals surface area contributed by atoms with Crippen LogP contribution < -0.4 is 10.6 Å². The third kappa shape index (κ3) is 4.25. The van der Waals surface area contributed by atoms with Crippen molar-refractivity contribution in [2.75, 3.05) is 33.4 Å². The number of nitrogens with one attached hydrogen (secondary N) is 2. The van der Waals surface area contributed by atoms with Gasteiger partial charge < -0.3 is 15.4 Å². The van der Waals surface area contributed by atoms with Crippen LogP contribution in [0.3, 0.4) is 0 Å². The number of benzene rings is 1. The maximum absolute atomic E-state index is 5.31. The van der Waals surface area contributed by atoms with E-state index < -0.39 is 0 Å². The van der Waals surface area contributed by atoms with Crippen LogP contribution in [0.2, 0.25) is 0 Å². The van der Waals surface area contributed by atoms with Gasteiger partial charge in [0.1, 0.15) is 0 Å². The van der Waals surface area contributed by atoms with Crippen molar-refractivity contribution in [1.29, 1.82) is 0 Å². The highest BCUT2D eigenvalue weighted by Gasteiger charge is 2.33. The van der Waals surface area contributed by atoms with E-state index in [0.717, 1.165) is 45.1 Å². The number of guanidine groups is 1. The second-order valence-corrected chi connectivity index (χ2v) is 6.94. The molecule has 4 nitrogen and oxygen atoms in total. The molecule has 128 valence electrons. The molecular weight excluding hydrogens is 286 g/mol. The summed E-state index contributed by atoms with van der Waals surface area (Å²) in [5.41, 5.74) is 1.78. The Labute approximate surface area is 140 Å². The molecule has 1 aromatic rings. The fraction of sp³-hybridized carbons (Fsp3) is 0.632. The molecule has 1 fully saturated rings. The minimum Gasteiger partial charge on any atom is -0.380 e. The first kappa shape index (κ1) is 17.8. The third-order valence-corrected chi connectivity index (χ3v) is 5.14. The van der Waals surface area contributed by atoms with Gasteiger partial charge >= 0.3 is 0 Å². The Bertz CT molecular complexity index is 505. The standard InChI is InChI=1S/C19H31N3O/c1-5-19(6-2,16-10-8-7-9-11-16)13-22-17(20-4)21-12-18(3)14-23-15-18/h7-11H,5-6,12-15H2,1-4H3,(H2,20,21,22). The van der Waals surface area contributed by atoms with Crippen LogP contribution in [-0.2, 0) is 10.2 Å². The second kappa shape index (κ2) is 7.82. The largest absolute Gasteiger partial charge is 0.380 e. The van der Waals surface area contributed by atoms with Crippen molar-refractivity contribution in [3.63, 3.8) is 0 Å². The monoisotopic (exact) mass is 317 g/mol.